The molecule has 2 aliphatic rings. The van der Waals surface area contributed by atoms with Crippen LogP contribution in [-0.2, 0) is 4.79 Å². The van der Waals surface area contributed by atoms with Crippen LogP contribution in [0.2, 0.25) is 0 Å². The highest BCUT2D eigenvalue weighted by Gasteiger charge is 2.41. The third kappa shape index (κ3) is 1.95. The van der Waals surface area contributed by atoms with Crippen molar-refractivity contribution in [2.45, 2.75) is 0 Å². The Hall–Kier alpha value is -3.09. The van der Waals surface area contributed by atoms with E-state index in [9.17, 15) is 24.5 Å². The van der Waals surface area contributed by atoms with Crippen LogP contribution in [-0.4, -0.2) is 27.6 Å². The number of carbonyl (C=O) groups is 3. The third-order valence-electron chi connectivity index (χ3n) is 3.83. The molecule has 3 rings (SSSR count). The van der Waals surface area contributed by atoms with Crippen molar-refractivity contribution in [3.05, 3.63) is 63.2 Å². The van der Waals surface area contributed by atoms with Crippen molar-refractivity contribution >= 4 is 23.2 Å². The lowest BCUT2D eigenvalue weighted by Gasteiger charge is -2.28. The number of rotatable bonds is 2. The van der Waals surface area contributed by atoms with Crippen LogP contribution in [0.15, 0.2) is 42.0 Å². The lowest BCUT2D eigenvalue weighted by Crippen LogP contribution is -2.36. The molecule has 0 fully saturated rings. The Morgan fingerprint density at radius 2 is 1.82 bits per heavy atom. The van der Waals surface area contributed by atoms with Crippen LogP contribution in [0.1, 0.15) is 20.7 Å². The summed E-state index contributed by atoms with van der Waals surface area (Å²) in [5.74, 6) is -3.71. The van der Waals surface area contributed by atoms with Crippen molar-refractivity contribution < 1.29 is 24.4 Å². The number of hydrogen-bond donors (Lipinski definition) is 1. The van der Waals surface area contributed by atoms with Gasteiger partial charge in [-0.25, -0.2) is 4.79 Å². The SMILES string of the molecule is O=C(O)C1=C[C@H]2C(=O)c3cc([N+](=O)[O-])ccc3C(=O)[C@H]2C=C1. The van der Waals surface area contributed by atoms with Gasteiger partial charge in [0.05, 0.1) is 22.3 Å². The first-order valence-corrected chi connectivity index (χ1v) is 6.40. The summed E-state index contributed by atoms with van der Waals surface area (Å²) < 4.78 is 0. The minimum absolute atomic E-state index is 0.0308. The molecular formula is C15H9NO6. The van der Waals surface area contributed by atoms with Crippen molar-refractivity contribution in [1.29, 1.82) is 0 Å². The number of hydrogen-bond acceptors (Lipinski definition) is 5. The van der Waals surface area contributed by atoms with Gasteiger partial charge in [0.1, 0.15) is 0 Å². The normalized spacial score (nSPS) is 22.6. The Bertz CT molecular complexity index is 804. The van der Waals surface area contributed by atoms with E-state index in [1.165, 1.54) is 30.4 Å². The number of non-ortho nitro benzene ring substituents is 1. The number of aliphatic carboxylic acids is 1. The van der Waals surface area contributed by atoms with Gasteiger partial charge in [-0.2, -0.15) is 0 Å². The highest BCUT2D eigenvalue weighted by molar-refractivity contribution is 6.18. The van der Waals surface area contributed by atoms with Gasteiger partial charge in [0, 0.05) is 23.3 Å². The molecule has 1 aromatic carbocycles. The first-order valence-electron chi connectivity index (χ1n) is 6.40. The molecule has 110 valence electrons. The standard InChI is InChI=1S/C15H9NO6/c17-13-9-3-1-7(15(19)20)5-11(9)14(18)12-6-8(16(21)22)2-4-10(12)13/h1-6,9,11H,(H,19,20)/t9-,11+/m0/s1. The van der Waals surface area contributed by atoms with E-state index in [1.807, 2.05) is 0 Å². The predicted molar refractivity (Wildman–Crippen MR) is 73.6 cm³/mol. The first-order chi connectivity index (χ1) is 10.4. The number of benzene rings is 1. The largest absolute Gasteiger partial charge is 0.478 e. The lowest BCUT2D eigenvalue weighted by atomic mass is 9.71. The van der Waals surface area contributed by atoms with Crippen molar-refractivity contribution in [2.75, 3.05) is 0 Å². The average molecular weight is 299 g/mol. The molecule has 0 bridgehead atoms. The van der Waals surface area contributed by atoms with Gasteiger partial charge < -0.3 is 5.11 Å². The molecule has 2 aliphatic carbocycles. The number of fused-ring (bicyclic) bond motifs is 2. The fourth-order valence-electron chi connectivity index (χ4n) is 2.74. The van der Waals surface area contributed by atoms with E-state index in [-0.39, 0.29) is 28.2 Å². The quantitative estimate of drug-likeness (QED) is 0.657. The summed E-state index contributed by atoms with van der Waals surface area (Å²) in [6, 6.07) is 3.52. The smallest absolute Gasteiger partial charge is 0.335 e. The van der Waals surface area contributed by atoms with Crippen LogP contribution >= 0.6 is 0 Å². The van der Waals surface area contributed by atoms with Crippen LogP contribution in [0.25, 0.3) is 0 Å². The Morgan fingerprint density at radius 1 is 1.14 bits per heavy atom. The number of carboxylic acid groups (broad SMARTS) is 1. The van der Waals surface area contributed by atoms with Crippen LogP contribution in [0.3, 0.4) is 0 Å². The van der Waals surface area contributed by atoms with E-state index in [2.05, 4.69) is 0 Å². The number of nitro benzene ring substituents is 1. The topological polar surface area (TPSA) is 115 Å². The summed E-state index contributed by atoms with van der Waals surface area (Å²) in [4.78, 5) is 46.1. The van der Waals surface area contributed by atoms with Gasteiger partial charge in [-0.1, -0.05) is 18.2 Å². The first kappa shape index (κ1) is 13.9. The maximum absolute atomic E-state index is 12.5. The summed E-state index contributed by atoms with van der Waals surface area (Å²) in [7, 11) is 0. The summed E-state index contributed by atoms with van der Waals surface area (Å²) in [6.07, 6.45) is 3.93. The zero-order chi connectivity index (χ0) is 16.0. The van der Waals surface area contributed by atoms with E-state index in [1.54, 1.807) is 0 Å². The lowest BCUT2D eigenvalue weighted by molar-refractivity contribution is -0.384. The molecule has 1 aromatic rings. The summed E-state index contributed by atoms with van der Waals surface area (Å²) >= 11 is 0. The predicted octanol–water partition coefficient (Wildman–Crippen LogP) is 1.79. The van der Waals surface area contributed by atoms with Gasteiger partial charge >= 0.3 is 5.97 Å². The molecule has 0 unspecified atom stereocenters. The molecule has 0 amide bonds. The van der Waals surface area contributed by atoms with E-state index in [4.69, 9.17) is 5.11 Å². The zero-order valence-electron chi connectivity index (χ0n) is 11.1. The molecule has 0 aliphatic heterocycles. The second kappa shape index (κ2) is 4.73. The van der Waals surface area contributed by atoms with Gasteiger partial charge in [0.25, 0.3) is 5.69 Å². The van der Waals surface area contributed by atoms with Gasteiger partial charge in [-0.3, -0.25) is 19.7 Å². The number of nitro groups is 1. The van der Waals surface area contributed by atoms with Gasteiger partial charge in [-0.15, -0.1) is 0 Å². The van der Waals surface area contributed by atoms with Crippen LogP contribution in [0.5, 0.6) is 0 Å². The molecule has 0 spiro atoms. The summed E-state index contributed by atoms with van der Waals surface area (Å²) in [6.45, 7) is 0. The summed E-state index contributed by atoms with van der Waals surface area (Å²) in [5.41, 5.74) is -0.256. The average Bonchev–Trinajstić information content (AvgIpc) is 2.51. The number of nitrogens with zero attached hydrogens (tertiary/aromatic N) is 1. The number of ketones is 2. The molecule has 22 heavy (non-hydrogen) atoms. The maximum atomic E-state index is 12.5. The number of carbonyl (C=O) groups excluding carboxylic acids is 2. The number of carboxylic acids is 1. The van der Waals surface area contributed by atoms with Crippen molar-refractivity contribution in [3.8, 4) is 0 Å². The van der Waals surface area contributed by atoms with Gasteiger partial charge in [0.2, 0.25) is 0 Å². The molecule has 7 nitrogen and oxygen atoms in total. The molecule has 0 aromatic heterocycles. The van der Waals surface area contributed by atoms with E-state index >= 15 is 0 Å². The monoisotopic (exact) mass is 299 g/mol. The van der Waals surface area contributed by atoms with Crippen molar-refractivity contribution in [3.63, 3.8) is 0 Å². The fourth-order valence-corrected chi connectivity index (χ4v) is 2.74. The van der Waals surface area contributed by atoms with Crippen LogP contribution in [0, 0.1) is 22.0 Å². The molecular weight excluding hydrogens is 290 g/mol. The van der Waals surface area contributed by atoms with Crippen molar-refractivity contribution in [2.24, 2.45) is 11.8 Å². The number of allylic oxidation sites excluding steroid dienone is 2. The molecule has 0 radical (unpaired) electrons. The van der Waals surface area contributed by atoms with E-state index in [0.29, 0.717) is 0 Å². The molecule has 0 heterocycles. The van der Waals surface area contributed by atoms with Crippen molar-refractivity contribution in [1.82, 2.24) is 0 Å². The second-order valence-corrected chi connectivity index (χ2v) is 5.05. The Morgan fingerprint density at radius 3 is 2.45 bits per heavy atom. The second-order valence-electron chi connectivity index (χ2n) is 5.05. The van der Waals surface area contributed by atoms with Gasteiger partial charge in [0.15, 0.2) is 11.6 Å². The van der Waals surface area contributed by atoms with Crippen LogP contribution < -0.4 is 0 Å². The zero-order valence-corrected chi connectivity index (χ0v) is 11.1. The highest BCUT2D eigenvalue weighted by atomic mass is 16.6. The molecule has 2 atom stereocenters. The molecule has 0 saturated heterocycles. The highest BCUT2D eigenvalue weighted by Crippen LogP contribution is 2.36. The van der Waals surface area contributed by atoms with E-state index in [0.717, 1.165) is 6.07 Å². The molecule has 7 heteroatoms. The third-order valence-corrected chi connectivity index (χ3v) is 3.83. The minimum atomic E-state index is -1.19. The minimum Gasteiger partial charge on any atom is -0.478 e. The maximum Gasteiger partial charge on any atom is 0.335 e. The Kier molecular flexibility index (Phi) is 2.98. The van der Waals surface area contributed by atoms with Crippen LogP contribution in [0.4, 0.5) is 5.69 Å². The van der Waals surface area contributed by atoms with E-state index < -0.39 is 28.5 Å². The molecule has 0 saturated carbocycles. The summed E-state index contributed by atoms with van der Waals surface area (Å²) in [5, 5.41) is 19.8. The number of Topliss-reactive ketones (excluding diaryl/α,β-unsaturated/α-hetero) is 2. The molecule has 1 N–H and O–H groups in total. The Labute approximate surface area is 123 Å². The fraction of sp³-hybridized carbons (Fsp3) is 0.133. The van der Waals surface area contributed by atoms with Gasteiger partial charge in [-0.05, 0) is 6.07 Å². The Balaban J connectivity index is 2.14.